The van der Waals surface area contributed by atoms with Crippen LogP contribution in [0.15, 0.2) is 18.5 Å². The standard InChI is InChI=1S/C16H22N2O3/c1-16(2,3)21-15(20)18-11-4-5-14(18)13(7-11)10-6-12(19)9-17-8-10/h6,8-9,11,13-14,19H,4-5,7H2,1-3H3. The predicted octanol–water partition coefficient (Wildman–Crippen LogP) is 3.04. The van der Waals surface area contributed by atoms with Crippen LogP contribution in [0.2, 0.25) is 0 Å². The number of aromatic nitrogens is 1. The number of carbonyl (C=O) groups excluding carboxylic acids is 1. The smallest absolute Gasteiger partial charge is 0.410 e. The summed E-state index contributed by atoms with van der Waals surface area (Å²) in [6.45, 7) is 5.67. The summed E-state index contributed by atoms with van der Waals surface area (Å²) in [5.41, 5.74) is 0.539. The van der Waals surface area contributed by atoms with Gasteiger partial charge in [0.1, 0.15) is 11.4 Å². The van der Waals surface area contributed by atoms with Gasteiger partial charge in [-0.2, -0.15) is 0 Å². The third kappa shape index (κ3) is 2.69. The zero-order chi connectivity index (χ0) is 15.2. The van der Waals surface area contributed by atoms with Gasteiger partial charge in [-0.15, -0.1) is 0 Å². The fraction of sp³-hybridized carbons (Fsp3) is 0.625. The van der Waals surface area contributed by atoms with Gasteiger partial charge in [0.15, 0.2) is 0 Å². The normalized spacial score (nSPS) is 28.0. The van der Waals surface area contributed by atoms with Crippen molar-refractivity contribution in [1.82, 2.24) is 9.88 Å². The van der Waals surface area contributed by atoms with E-state index in [0.717, 1.165) is 24.8 Å². The Labute approximate surface area is 124 Å². The van der Waals surface area contributed by atoms with Gasteiger partial charge in [0, 0.05) is 24.2 Å². The Morgan fingerprint density at radius 1 is 1.38 bits per heavy atom. The van der Waals surface area contributed by atoms with Crippen molar-refractivity contribution in [3.8, 4) is 5.75 Å². The molecule has 0 radical (unpaired) electrons. The number of fused-ring (bicyclic) bond motifs is 2. The first-order valence-corrected chi connectivity index (χ1v) is 7.50. The predicted molar refractivity (Wildman–Crippen MR) is 78.1 cm³/mol. The van der Waals surface area contributed by atoms with Crippen molar-refractivity contribution in [1.29, 1.82) is 0 Å². The zero-order valence-electron chi connectivity index (χ0n) is 12.7. The molecule has 1 N–H and O–H groups in total. The van der Waals surface area contributed by atoms with Gasteiger partial charge in [0.05, 0.1) is 6.20 Å². The summed E-state index contributed by atoms with van der Waals surface area (Å²) in [7, 11) is 0. The lowest BCUT2D eigenvalue weighted by atomic mass is 9.84. The monoisotopic (exact) mass is 290 g/mol. The lowest BCUT2D eigenvalue weighted by Gasteiger charge is -2.28. The van der Waals surface area contributed by atoms with E-state index in [1.165, 1.54) is 6.20 Å². The van der Waals surface area contributed by atoms with Crippen LogP contribution in [0.25, 0.3) is 0 Å². The third-order valence-corrected chi connectivity index (χ3v) is 4.31. The van der Waals surface area contributed by atoms with Gasteiger partial charge >= 0.3 is 6.09 Å². The van der Waals surface area contributed by atoms with Crippen LogP contribution in [0, 0.1) is 0 Å². The second-order valence-corrected chi connectivity index (χ2v) is 7.00. The van der Waals surface area contributed by atoms with Crippen molar-refractivity contribution < 1.29 is 14.6 Å². The van der Waals surface area contributed by atoms with Crippen molar-refractivity contribution in [2.75, 3.05) is 0 Å². The Kier molecular flexibility index (Phi) is 3.30. The Hall–Kier alpha value is -1.78. The minimum atomic E-state index is -0.471. The van der Waals surface area contributed by atoms with Crippen LogP contribution in [0.4, 0.5) is 4.79 Å². The second-order valence-electron chi connectivity index (χ2n) is 7.00. The number of aromatic hydroxyl groups is 1. The molecule has 0 spiro atoms. The van der Waals surface area contributed by atoms with Crippen LogP contribution >= 0.6 is 0 Å². The van der Waals surface area contributed by atoms with Crippen LogP contribution in [0.3, 0.4) is 0 Å². The van der Waals surface area contributed by atoms with Crippen molar-refractivity contribution >= 4 is 6.09 Å². The highest BCUT2D eigenvalue weighted by Gasteiger charge is 2.50. The van der Waals surface area contributed by atoms with Crippen LogP contribution < -0.4 is 0 Å². The van der Waals surface area contributed by atoms with Crippen LogP contribution in [-0.4, -0.2) is 38.8 Å². The molecule has 5 heteroatoms. The molecule has 0 aliphatic carbocycles. The van der Waals surface area contributed by atoms with Gasteiger partial charge < -0.3 is 14.7 Å². The summed E-state index contributed by atoms with van der Waals surface area (Å²) in [5.74, 6) is 0.426. The molecule has 114 valence electrons. The molecule has 3 unspecified atom stereocenters. The minimum Gasteiger partial charge on any atom is -0.506 e. The van der Waals surface area contributed by atoms with Crippen LogP contribution in [0.5, 0.6) is 5.75 Å². The molecule has 3 atom stereocenters. The Morgan fingerprint density at radius 2 is 2.14 bits per heavy atom. The van der Waals surface area contributed by atoms with Gasteiger partial charge in [-0.25, -0.2) is 4.79 Å². The first-order valence-electron chi connectivity index (χ1n) is 7.50. The number of amides is 1. The molecule has 1 amide bonds. The van der Waals surface area contributed by atoms with Gasteiger partial charge in [-0.3, -0.25) is 4.98 Å². The zero-order valence-corrected chi connectivity index (χ0v) is 12.7. The Balaban J connectivity index is 1.79. The van der Waals surface area contributed by atoms with Crippen molar-refractivity contribution in [3.05, 3.63) is 24.0 Å². The largest absolute Gasteiger partial charge is 0.506 e. The molecule has 0 saturated carbocycles. The van der Waals surface area contributed by atoms with E-state index < -0.39 is 5.60 Å². The molecule has 2 aliphatic heterocycles. The first-order chi connectivity index (χ1) is 9.85. The quantitative estimate of drug-likeness (QED) is 0.863. The number of nitrogens with zero attached hydrogens (tertiary/aromatic N) is 2. The van der Waals surface area contributed by atoms with Crippen molar-refractivity contribution in [2.24, 2.45) is 0 Å². The summed E-state index contributed by atoms with van der Waals surface area (Å²) in [6, 6.07) is 2.16. The molecular weight excluding hydrogens is 268 g/mol. The molecule has 2 bridgehead atoms. The summed E-state index contributed by atoms with van der Waals surface area (Å²) in [4.78, 5) is 18.4. The molecule has 3 heterocycles. The van der Waals surface area contributed by atoms with Gasteiger partial charge in [-0.05, 0) is 51.7 Å². The van der Waals surface area contributed by atoms with E-state index in [1.807, 2.05) is 25.7 Å². The fourth-order valence-corrected chi connectivity index (χ4v) is 3.59. The lowest BCUT2D eigenvalue weighted by Crippen LogP contribution is -2.40. The highest BCUT2D eigenvalue weighted by molar-refractivity contribution is 5.70. The summed E-state index contributed by atoms with van der Waals surface area (Å²) < 4.78 is 5.53. The number of pyridine rings is 1. The molecule has 2 saturated heterocycles. The first kappa shape index (κ1) is 14.2. The molecular formula is C16H22N2O3. The topological polar surface area (TPSA) is 62.7 Å². The fourth-order valence-electron chi connectivity index (χ4n) is 3.59. The number of rotatable bonds is 1. The van der Waals surface area contributed by atoms with E-state index in [1.54, 1.807) is 12.3 Å². The van der Waals surface area contributed by atoms with E-state index >= 15 is 0 Å². The van der Waals surface area contributed by atoms with Gasteiger partial charge in [-0.1, -0.05) is 0 Å². The van der Waals surface area contributed by atoms with Crippen molar-refractivity contribution in [2.45, 2.75) is 63.6 Å². The highest BCUT2D eigenvalue weighted by atomic mass is 16.6. The summed E-state index contributed by atoms with van der Waals surface area (Å²) >= 11 is 0. The molecule has 1 aromatic heterocycles. The van der Waals surface area contributed by atoms with Crippen LogP contribution in [0.1, 0.15) is 51.5 Å². The van der Waals surface area contributed by atoms with Gasteiger partial charge in [0.25, 0.3) is 0 Å². The van der Waals surface area contributed by atoms with E-state index in [4.69, 9.17) is 4.74 Å². The van der Waals surface area contributed by atoms with Crippen molar-refractivity contribution in [3.63, 3.8) is 0 Å². The molecule has 0 aromatic carbocycles. The Morgan fingerprint density at radius 3 is 2.81 bits per heavy atom. The minimum absolute atomic E-state index is 0.161. The third-order valence-electron chi connectivity index (χ3n) is 4.31. The SMILES string of the molecule is CC(C)(C)OC(=O)N1C2CCC1C(c1cncc(O)c1)C2. The van der Waals surface area contributed by atoms with E-state index in [9.17, 15) is 9.90 Å². The van der Waals surface area contributed by atoms with Crippen LogP contribution in [-0.2, 0) is 4.74 Å². The molecule has 2 aliphatic rings. The average molecular weight is 290 g/mol. The summed E-state index contributed by atoms with van der Waals surface area (Å²) in [6.07, 6.45) is 5.96. The molecule has 1 aromatic rings. The Bertz CT molecular complexity index is 553. The maximum atomic E-state index is 12.4. The maximum absolute atomic E-state index is 12.4. The van der Waals surface area contributed by atoms with E-state index in [2.05, 4.69) is 4.98 Å². The van der Waals surface area contributed by atoms with Gasteiger partial charge in [0.2, 0.25) is 0 Å². The number of hydrogen-bond donors (Lipinski definition) is 1. The number of hydrogen-bond acceptors (Lipinski definition) is 4. The second kappa shape index (κ2) is 4.90. The molecule has 5 nitrogen and oxygen atoms in total. The number of ether oxygens (including phenoxy) is 1. The average Bonchev–Trinajstić information content (AvgIpc) is 2.94. The molecule has 21 heavy (non-hydrogen) atoms. The number of carbonyl (C=O) groups is 1. The lowest BCUT2D eigenvalue weighted by molar-refractivity contribution is 0.0213. The van der Waals surface area contributed by atoms with E-state index in [-0.39, 0.29) is 29.8 Å². The van der Waals surface area contributed by atoms with E-state index in [0.29, 0.717) is 0 Å². The highest BCUT2D eigenvalue weighted by Crippen LogP contribution is 2.47. The molecule has 3 rings (SSSR count). The maximum Gasteiger partial charge on any atom is 0.410 e. The molecule has 2 fully saturated rings. The summed E-state index contributed by atoms with van der Waals surface area (Å²) in [5, 5.41) is 9.60.